The highest BCUT2D eigenvalue weighted by molar-refractivity contribution is 5.91. The van der Waals surface area contributed by atoms with Crippen molar-refractivity contribution >= 4 is 5.97 Å². The van der Waals surface area contributed by atoms with Crippen LogP contribution in [0.1, 0.15) is 27.0 Å². The fraction of sp³-hybridized carbons (Fsp3) is 0.192. The normalized spacial score (nSPS) is 10.9. The van der Waals surface area contributed by atoms with Crippen molar-refractivity contribution in [1.29, 1.82) is 0 Å². The molecular formula is C26H24N2O4. The monoisotopic (exact) mass is 428 g/mol. The molecule has 0 radical (unpaired) electrons. The molecular weight excluding hydrogens is 404 g/mol. The molecule has 0 saturated heterocycles. The first kappa shape index (κ1) is 21.5. The summed E-state index contributed by atoms with van der Waals surface area (Å²) >= 11 is 0. The molecule has 0 saturated carbocycles. The van der Waals surface area contributed by atoms with Gasteiger partial charge in [-0.3, -0.25) is 0 Å². The largest absolute Gasteiger partial charge is 0.465 e. The maximum absolute atomic E-state index is 11.9. The summed E-state index contributed by atoms with van der Waals surface area (Å²) in [5, 5.41) is 4.15. The second-order valence-electron chi connectivity index (χ2n) is 7.56. The van der Waals surface area contributed by atoms with Crippen molar-refractivity contribution in [2.24, 2.45) is 0 Å². The Bertz CT molecular complexity index is 1280. The summed E-state index contributed by atoms with van der Waals surface area (Å²) in [5.41, 5.74) is 7.38. The number of aromatic nitrogens is 2. The predicted molar refractivity (Wildman–Crippen MR) is 122 cm³/mol. The quantitative estimate of drug-likeness (QED) is 0.371. The van der Waals surface area contributed by atoms with E-state index in [0.717, 1.165) is 33.4 Å². The molecule has 0 atom stereocenters. The van der Waals surface area contributed by atoms with Gasteiger partial charge in [0, 0.05) is 18.2 Å². The molecule has 4 aromatic rings. The molecule has 0 fully saturated rings. The van der Waals surface area contributed by atoms with Gasteiger partial charge in [-0.15, -0.1) is 0 Å². The Morgan fingerprint density at radius 2 is 1.69 bits per heavy atom. The van der Waals surface area contributed by atoms with E-state index in [-0.39, 0.29) is 0 Å². The van der Waals surface area contributed by atoms with Gasteiger partial charge in [-0.05, 0) is 65.9 Å². The number of rotatable bonds is 6. The second kappa shape index (κ2) is 9.16. The van der Waals surface area contributed by atoms with E-state index < -0.39 is 5.97 Å². The van der Waals surface area contributed by atoms with E-state index in [1.807, 2.05) is 37.3 Å². The van der Waals surface area contributed by atoms with Gasteiger partial charge >= 0.3 is 5.97 Å². The van der Waals surface area contributed by atoms with E-state index in [1.165, 1.54) is 12.7 Å². The highest BCUT2D eigenvalue weighted by Gasteiger charge is 2.17. The molecule has 0 aliphatic heterocycles. The molecule has 32 heavy (non-hydrogen) atoms. The summed E-state index contributed by atoms with van der Waals surface area (Å²) in [7, 11) is 3.03. The molecule has 6 heteroatoms. The lowest BCUT2D eigenvalue weighted by atomic mass is 9.94. The Labute approximate surface area is 186 Å². The van der Waals surface area contributed by atoms with E-state index in [1.54, 1.807) is 19.2 Å². The standard InChI is InChI=1S/C26H24N2O4/c1-16-7-5-6-8-21(16)22-12-11-18(13-20(22)15-30-3)25-27-24(28-32-25)23-14-19(26(29)31-4)10-9-17(23)2/h5-14H,15H2,1-4H3. The minimum atomic E-state index is -0.411. The maximum Gasteiger partial charge on any atom is 0.337 e. The number of methoxy groups -OCH3 is 2. The van der Waals surface area contributed by atoms with Gasteiger partial charge in [0.15, 0.2) is 0 Å². The van der Waals surface area contributed by atoms with E-state index in [4.69, 9.17) is 14.0 Å². The Morgan fingerprint density at radius 1 is 0.906 bits per heavy atom. The van der Waals surface area contributed by atoms with E-state index in [2.05, 4.69) is 35.3 Å². The van der Waals surface area contributed by atoms with Crippen molar-refractivity contribution in [1.82, 2.24) is 10.1 Å². The van der Waals surface area contributed by atoms with Crippen molar-refractivity contribution in [3.63, 3.8) is 0 Å². The van der Waals surface area contributed by atoms with Crippen LogP contribution in [0.3, 0.4) is 0 Å². The highest BCUT2D eigenvalue weighted by Crippen LogP contribution is 2.32. The van der Waals surface area contributed by atoms with Crippen LogP contribution in [0.25, 0.3) is 34.0 Å². The number of benzene rings is 3. The van der Waals surface area contributed by atoms with E-state index >= 15 is 0 Å². The van der Waals surface area contributed by atoms with Crippen molar-refractivity contribution in [3.05, 3.63) is 82.9 Å². The fourth-order valence-electron chi connectivity index (χ4n) is 3.70. The summed E-state index contributed by atoms with van der Waals surface area (Å²) in [6.07, 6.45) is 0. The lowest BCUT2D eigenvalue weighted by Crippen LogP contribution is -2.02. The second-order valence-corrected chi connectivity index (χ2v) is 7.56. The number of carbonyl (C=O) groups excluding carboxylic acids is 1. The zero-order chi connectivity index (χ0) is 22.7. The van der Waals surface area contributed by atoms with E-state index in [9.17, 15) is 4.79 Å². The Balaban J connectivity index is 1.73. The van der Waals surface area contributed by atoms with Crippen LogP contribution < -0.4 is 0 Å². The number of aryl methyl sites for hydroxylation is 2. The van der Waals surface area contributed by atoms with Crippen LogP contribution in [-0.4, -0.2) is 30.3 Å². The third kappa shape index (κ3) is 4.18. The molecule has 6 nitrogen and oxygen atoms in total. The van der Waals surface area contributed by atoms with Gasteiger partial charge < -0.3 is 14.0 Å². The van der Waals surface area contributed by atoms with Crippen LogP contribution in [-0.2, 0) is 16.1 Å². The maximum atomic E-state index is 11.9. The van der Waals surface area contributed by atoms with Gasteiger partial charge in [0.25, 0.3) is 5.89 Å². The minimum absolute atomic E-state index is 0.400. The Kier molecular flexibility index (Phi) is 6.14. The number of carbonyl (C=O) groups is 1. The lowest BCUT2D eigenvalue weighted by molar-refractivity contribution is 0.0601. The number of hydrogen-bond donors (Lipinski definition) is 0. The van der Waals surface area contributed by atoms with Crippen LogP contribution in [0.2, 0.25) is 0 Å². The van der Waals surface area contributed by atoms with Gasteiger partial charge in [0.1, 0.15) is 0 Å². The van der Waals surface area contributed by atoms with Crippen LogP contribution in [0, 0.1) is 13.8 Å². The Hall–Kier alpha value is -3.77. The number of hydrogen-bond acceptors (Lipinski definition) is 6. The van der Waals surface area contributed by atoms with Gasteiger partial charge in [-0.25, -0.2) is 4.79 Å². The summed E-state index contributed by atoms with van der Waals surface area (Å²) < 4.78 is 15.8. The topological polar surface area (TPSA) is 74.5 Å². The van der Waals surface area contributed by atoms with Crippen molar-refractivity contribution in [2.75, 3.05) is 14.2 Å². The SMILES string of the molecule is COCc1cc(-c2nc(-c3cc(C(=O)OC)ccc3C)no2)ccc1-c1ccccc1C. The first-order valence-corrected chi connectivity index (χ1v) is 10.2. The van der Waals surface area contributed by atoms with Gasteiger partial charge in [-0.2, -0.15) is 4.98 Å². The fourth-order valence-corrected chi connectivity index (χ4v) is 3.70. The summed E-state index contributed by atoms with van der Waals surface area (Å²) in [6, 6.07) is 19.6. The van der Waals surface area contributed by atoms with Crippen LogP contribution in [0.15, 0.2) is 65.2 Å². The van der Waals surface area contributed by atoms with Gasteiger partial charge in [0.2, 0.25) is 5.82 Å². The van der Waals surface area contributed by atoms with Crippen LogP contribution in [0.5, 0.6) is 0 Å². The summed E-state index contributed by atoms with van der Waals surface area (Å²) in [4.78, 5) is 16.5. The molecule has 1 aromatic heterocycles. The molecule has 162 valence electrons. The Morgan fingerprint density at radius 3 is 2.44 bits per heavy atom. The van der Waals surface area contributed by atoms with Gasteiger partial charge in [0.05, 0.1) is 19.3 Å². The lowest BCUT2D eigenvalue weighted by Gasteiger charge is -2.12. The molecule has 0 amide bonds. The average molecular weight is 428 g/mol. The smallest absolute Gasteiger partial charge is 0.337 e. The third-order valence-electron chi connectivity index (χ3n) is 5.41. The van der Waals surface area contributed by atoms with Crippen molar-refractivity contribution in [2.45, 2.75) is 20.5 Å². The molecule has 4 rings (SSSR count). The van der Waals surface area contributed by atoms with Crippen LogP contribution >= 0.6 is 0 Å². The van der Waals surface area contributed by atoms with Crippen molar-refractivity contribution < 1.29 is 18.8 Å². The zero-order valence-corrected chi connectivity index (χ0v) is 18.5. The summed E-state index contributed by atoms with van der Waals surface area (Å²) in [5.74, 6) is 0.405. The zero-order valence-electron chi connectivity index (χ0n) is 18.5. The molecule has 1 heterocycles. The molecule has 0 unspecified atom stereocenters. The molecule has 3 aromatic carbocycles. The van der Waals surface area contributed by atoms with E-state index in [0.29, 0.717) is 23.9 Å². The highest BCUT2D eigenvalue weighted by atomic mass is 16.5. The molecule has 0 spiro atoms. The first-order valence-electron chi connectivity index (χ1n) is 10.2. The van der Waals surface area contributed by atoms with Crippen LogP contribution in [0.4, 0.5) is 0 Å². The molecule has 0 aliphatic rings. The molecule has 0 aliphatic carbocycles. The first-order chi connectivity index (χ1) is 15.5. The van der Waals surface area contributed by atoms with Crippen molar-refractivity contribution in [3.8, 4) is 34.0 Å². The third-order valence-corrected chi connectivity index (χ3v) is 5.41. The summed E-state index contributed by atoms with van der Waals surface area (Å²) in [6.45, 7) is 4.48. The predicted octanol–water partition coefficient (Wildman–Crippen LogP) is 5.62. The number of nitrogens with zero attached hydrogens (tertiary/aromatic N) is 2. The number of esters is 1. The van der Waals surface area contributed by atoms with Gasteiger partial charge in [-0.1, -0.05) is 41.6 Å². The number of ether oxygens (including phenoxy) is 2. The molecule has 0 bridgehead atoms. The molecule has 0 N–H and O–H groups in total. The minimum Gasteiger partial charge on any atom is -0.465 e. The average Bonchev–Trinajstić information content (AvgIpc) is 3.30.